The molecule has 13 N–H and O–H groups in total. The predicted octanol–water partition coefficient (Wildman–Crippen LogP) is -5.77. The van der Waals surface area contributed by atoms with Crippen LogP contribution in [0.5, 0.6) is 0 Å². The second-order valence-corrected chi connectivity index (χ2v) is 0.519. The van der Waals surface area contributed by atoms with Crippen LogP contribution in [0.3, 0.4) is 0 Å². The van der Waals surface area contributed by atoms with Gasteiger partial charge in [-0.05, 0) is 0 Å². The van der Waals surface area contributed by atoms with E-state index in [-0.39, 0.29) is 70.6 Å². The van der Waals surface area contributed by atoms with Crippen LogP contribution in [0.4, 0.5) is 0 Å². The van der Waals surface area contributed by atoms with Crippen LogP contribution >= 0.6 is 0 Å². The van der Waals surface area contributed by atoms with Crippen LogP contribution in [0, 0.1) is 0 Å². The molecule has 0 aromatic rings. The molecule has 0 aliphatic heterocycles. The number of carboxylic acid groups (broad SMARTS) is 1. The van der Waals surface area contributed by atoms with Crippen LogP contribution < -0.4 is 0 Å². The van der Waals surface area contributed by atoms with Crippen molar-refractivity contribution in [2.75, 3.05) is 0 Å². The molecule has 0 spiro atoms. The molecule has 0 aromatic heterocycles. The molecule has 0 fully saturated rings. The SMILES string of the molecule is CC(=O)O.O.O.O.O.O.O.[CaH2]. The summed E-state index contributed by atoms with van der Waals surface area (Å²) in [4.78, 5) is 9.00. The summed E-state index contributed by atoms with van der Waals surface area (Å²) in [5.74, 6) is -0.833. The Kier molecular flexibility index (Phi) is 732. The summed E-state index contributed by atoms with van der Waals surface area (Å²) < 4.78 is 0. The molecule has 0 unspecified atom stereocenters. The topological polar surface area (TPSA) is 226 Å². The van der Waals surface area contributed by atoms with Gasteiger partial charge < -0.3 is 38.0 Å². The van der Waals surface area contributed by atoms with Gasteiger partial charge in [-0.25, -0.2) is 0 Å². The number of hydrogen-bond acceptors (Lipinski definition) is 1. The summed E-state index contributed by atoms with van der Waals surface area (Å²) in [5.41, 5.74) is 0. The minimum absolute atomic E-state index is 0. The third-order valence-corrected chi connectivity index (χ3v) is 0. The third kappa shape index (κ3) is 3150. The van der Waals surface area contributed by atoms with E-state index in [1.807, 2.05) is 0 Å². The quantitative estimate of drug-likeness (QED) is 0.385. The van der Waals surface area contributed by atoms with Crippen LogP contribution in [0.25, 0.3) is 0 Å². The molecule has 0 atom stereocenters. The Morgan fingerprint density at radius 2 is 0.909 bits per heavy atom. The van der Waals surface area contributed by atoms with Crippen molar-refractivity contribution in [2.45, 2.75) is 6.92 Å². The fourth-order valence-corrected chi connectivity index (χ4v) is 0. The third-order valence-electron chi connectivity index (χ3n) is 0. The first-order valence-electron chi connectivity index (χ1n) is 0.928. The first-order valence-corrected chi connectivity index (χ1v) is 0.928. The van der Waals surface area contributed by atoms with E-state index in [0.29, 0.717) is 0 Å². The van der Waals surface area contributed by atoms with Gasteiger partial charge in [-0.3, -0.25) is 4.79 Å². The molecule has 11 heavy (non-hydrogen) atoms. The fraction of sp³-hybridized carbons (Fsp3) is 0.500. The summed E-state index contributed by atoms with van der Waals surface area (Å²) in [6.45, 7) is 1.08. The monoisotopic (exact) mass is 210 g/mol. The zero-order chi connectivity index (χ0) is 3.58. The van der Waals surface area contributed by atoms with Crippen molar-refractivity contribution in [3.63, 3.8) is 0 Å². The Hall–Kier alpha value is 0.490. The van der Waals surface area contributed by atoms with Gasteiger partial charge in [-0.2, -0.15) is 0 Å². The molecule has 0 heterocycles. The standard InChI is InChI=1S/C2H4O2.Ca.6H2O.2H/c1-2(3)4;;;;;;;;;/h1H3,(H,3,4);;6*1H2;;. The zero-order valence-electron chi connectivity index (χ0n) is 5.36. The molecule has 0 saturated carbocycles. The molecule has 0 amide bonds. The van der Waals surface area contributed by atoms with Gasteiger partial charge in [0.2, 0.25) is 0 Å². The number of carbonyl (C=O) groups is 1. The Bertz CT molecular complexity index is 35.1. The first-order chi connectivity index (χ1) is 1.73. The molecule has 8 nitrogen and oxygen atoms in total. The first kappa shape index (κ1) is 104. The van der Waals surface area contributed by atoms with Crippen LogP contribution in [0.15, 0.2) is 0 Å². The summed E-state index contributed by atoms with van der Waals surface area (Å²) >= 11 is 0. The van der Waals surface area contributed by atoms with Crippen LogP contribution in [-0.4, -0.2) is 81.7 Å². The fourth-order valence-electron chi connectivity index (χ4n) is 0. The minimum atomic E-state index is -0.833. The van der Waals surface area contributed by atoms with E-state index in [9.17, 15) is 0 Å². The number of rotatable bonds is 0. The van der Waals surface area contributed by atoms with E-state index in [1.165, 1.54) is 0 Å². The van der Waals surface area contributed by atoms with Gasteiger partial charge in [0.1, 0.15) is 0 Å². The molecule has 9 heteroatoms. The molecule has 0 rings (SSSR count). The molecule has 0 aliphatic carbocycles. The molecule has 0 saturated heterocycles. The van der Waals surface area contributed by atoms with Crippen molar-refractivity contribution in [2.24, 2.45) is 0 Å². The summed E-state index contributed by atoms with van der Waals surface area (Å²) in [6, 6.07) is 0. The number of carboxylic acids is 1. The number of aliphatic carboxylic acids is 1. The predicted molar refractivity (Wildman–Crippen MR) is 43.5 cm³/mol. The van der Waals surface area contributed by atoms with Crippen molar-refractivity contribution in [3.05, 3.63) is 0 Å². The van der Waals surface area contributed by atoms with Crippen LogP contribution in [-0.2, 0) is 4.79 Å². The van der Waals surface area contributed by atoms with Crippen molar-refractivity contribution < 1.29 is 42.8 Å². The molecule has 0 radical (unpaired) electrons. The normalized spacial score (nSPS) is 2.27. The second-order valence-electron chi connectivity index (χ2n) is 0.519. The zero-order valence-corrected chi connectivity index (χ0v) is 5.36. The summed E-state index contributed by atoms with van der Waals surface area (Å²) in [5, 5.41) is 7.42. The van der Waals surface area contributed by atoms with E-state index >= 15 is 0 Å². The van der Waals surface area contributed by atoms with Gasteiger partial charge >= 0.3 is 37.7 Å². The maximum atomic E-state index is 9.00. The number of hydrogen-bond donors (Lipinski definition) is 1. The Labute approximate surface area is 93.1 Å². The average molecular weight is 210 g/mol. The Morgan fingerprint density at radius 3 is 0.909 bits per heavy atom. The Morgan fingerprint density at radius 1 is 0.909 bits per heavy atom. The van der Waals surface area contributed by atoms with Gasteiger partial charge in [0.25, 0.3) is 5.97 Å². The molecule has 0 bridgehead atoms. The molecule has 0 aromatic carbocycles. The van der Waals surface area contributed by atoms with E-state index in [2.05, 4.69) is 0 Å². The van der Waals surface area contributed by atoms with Crippen LogP contribution in [0.1, 0.15) is 6.92 Å². The maximum absolute atomic E-state index is 9.00. The van der Waals surface area contributed by atoms with E-state index in [4.69, 9.17) is 9.90 Å². The van der Waals surface area contributed by atoms with Gasteiger partial charge in [0.15, 0.2) is 0 Å². The van der Waals surface area contributed by atoms with Crippen molar-refractivity contribution in [3.8, 4) is 0 Å². The van der Waals surface area contributed by atoms with Crippen molar-refractivity contribution in [1.29, 1.82) is 0 Å². The van der Waals surface area contributed by atoms with E-state index in [0.717, 1.165) is 6.92 Å². The molecular formula is C2H18CaO8. The Balaban J connectivity index is -0.00000000214. The van der Waals surface area contributed by atoms with Crippen LogP contribution in [0.2, 0.25) is 0 Å². The summed E-state index contributed by atoms with van der Waals surface area (Å²) in [6.07, 6.45) is 0. The van der Waals surface area contributed by atoms with Gasteiger partial charge in [0, 0.05) is 6.92 Å². The van der Waals surface area contributed by atoms with Gasteiger partial charge in [0.05, 0.1) is 0 Å². The molecule has 76 valence electrons. The van der Waals surface area contributed by atoms with Gasteiger partial charge in [-0.15, -0.1) is 0 Å². The van der Waals surface area contributed by atoms with Gasteiger partial charge in [-0.1, -0.05) is 0 Å². The molecular weight excluding hydrogens is 192 g/mol. The summed E-state index contributed by atoms with van der Waals surface area (Å²) in [7, 11) is 0. The van der Waals surface area contributed by atoms with E-state index < -0.39 is 5.97 Å². The second kappa shape index (κ2) is 77.6. The molecule has 0 aliphatic rings. The van der Waals surface area contributed by atoms with Crippen molar-refractivity contribution in [1.82, 2.24) is 0 Å². The average Bonchev–Trinajstić information content (AvgIpc) is 0.811. The van der Waals surface area contributed by atoms with Crippen molar-refractivity contribution >= 4 is 43.7 Å². The van der Waals surface area contributed by atoms with E-state index in [1.54, 1.807) is 0 Å².